The first-order valence-electron chi connectivity index (χ1n) is 6.18. The topological polar surface area (TPSA) is 46.5 Å². The van der Waals surface area contributed by atoms with Gasteiger partial charge in [0.25, 0.3) is 0 Å². The van der Waals surface area contributed by atoms with Crippen LogP contribution in [0.4, 0.5) is 0 Å². The lowest BCUT2D eigenvalue weighted by atomic mass is 9.99. The van der Waals surface area contributed by atoms with E-state index in [2.05, 4.69) is 0 Å². The monoisotopic (exact) mass is 256 g/mol. The van der Waals surface area contributed by atoms with Crippen molar-refractivity contribution < 1.29 is 14.6 Å². The van der Waals surface area contributed by atoms with E-state index in [0.717, 1.165) is 5.56 Å². The second-order valence-electron chi connectivity index (χ2n) is 4.52. The van der Waals surface area contributed by atoms with Gasteiger partial charge in [-0.05, 0) is 31.0 Å². The zero-order chi connectivity index (χ0) is 13.8. The highest BCUT2D eigenvalue weighted by Gasteiger charge is 2.18. The van der Waals surface area contributed by atoms with Crippen molar-refractivity contribution in [3.63, 3.8) is 0 Å². The Hall–Kier alpha value is -2.29. The van der Waals surface area contributed by atoms with E-state index in [1.165, 1.54) is 0 Å². The molecule has 0 radical (unpaired) electrons. The molecule has 0 aromatic heterocycles. The van der Waals surface area contributed by atoms with Crippen LogP contribution in [0.1, 0.15) is 24.2 Å². The van der Waals surface area contributed by atoms with Gasteiger partial charge in [-0.15, -0.1) is 0 Å². The summed E-state index contributed by atoms with van der Waals surface area (Å²) in [6, 6.07) is 14.8. The zero-order valence-corrected chi connectivity index (χ0v) is 11.0. The van der Waals surface area contributed by atoms with Gasteiger partial charge in [-0.1, -0.05) is 42.5 Å². The molecule has 0 atom stereocenters. The molecule has 0 unspecified atom stereocenters. The Bertz CT molecular complexity index is 574. The van der Waals surface area contributed by atoms with Gasteiger partial charge in [-0.2, -0.15) is 0 Å². The Morgan fingerprint density at radius 2 is 1.74 bits per heavy atom. The fourth-order valence-electron chi connectivity index (χ4n) is 1.96. The molecule has 19 heavy (non-hydrogen) atoms. The first-order valence-corrected chi connectivity index (χ1v) is 6.18. The van der Waals surface area contributed by atoms with Gasteiger partial charge in [0, 0.05) is 0 Å². The summed E-state index contributed by atoms with van der Waals surface area (Å²) in [4.78, 5) is 11.5. The molecule has 0 heterocycles. The first-order chi connectivity index (χ1) is 9.09. The number of aromatic carboxylic acids is 1. The minimum atomic E-state index is -0.977. The molecule has 0 aliphatic carbocycles. The van der Waals surface area contributed by atoms with Crippen LogP contribution in [0, 0.1) is 0 Å². The van der Waals surface area contributed by atoms with Crippen molar-refractivity contribution in [3.05, 3.63) is 54.1 Å². The molecule has 0 fully saturated rings. The number of ether oxygens (including phenoxy) is 1. The molecule has 0 aliphatic rings. The van der Waals surface area contributed by atoms with Crippen molar-refractivity contribution in [2.24, 2.45) is 0 Å². The first kappa shape index (κ1) is 13.1. The summed E-state index contributed by atoms with van der Waals surface area (Å²) in [5.41, 5.74) is 1.75. The quantitative estimate of drug-likeness (QED) is 0.904. The highest BCUT2D eigenvalue weighted by Crippen LogP contribution is 2.31. The third-order valence-corrected chi connectivity index (χ3v) is 2.69. The van der Waals surface area contributed by atoms with Crippen molar-refractivity contribution in [2.45, 2.75) is 20.0 Å². The molecule has 0 bridgehead atoms. The lowest BCUT2D eigenvalue weighted by Crippen LogP contribution is -2.10. The summed E-state index contributed by atoms with van der Waals surface area (Å²) in [6.45, 7) is 3.75. The normalized spacial score (nSPS) is 10.5. The van der Waals surface area contributed by atoms with Crippen LogP contribution in [-0.2, 0) is 0 Å². The minimum absolute atomic E-state index is 0.0656. The third-order valence-electron chi connectivity index (χ3n) is 2.69. The number of carboxylic acid groups (broad SMARTS) is 1. The number of hydrogen-bond acceptors (Lipinski definition) is 2. The number of benzene rings is 2. The lowest BCUT2D eigenvalue weighted by molar-refractivity contribution is 0.0691. The summed E-state index contributed by atoms with van der Waals surface area (Å²) < 4.78 is 5.59. The van der Waals surface area contributed by atoms with Crippen LogP contribution in [0.25, 0.3) is 11.1 Å². The van der Waals surface area contributed by atoms with Gasteiger partial charge in [-0.3, -0.25) is 0 Å². The molecule has 0 amide bonds. The van der Waals surface area contributed by atoms with E-state index in [-0.39, 0.29) is 11.7 Å². The molecule has 2 rings (SSSR count). The second kappa shape index (κ2) is 5.57. The van der Waals surface area contributed by atoms with Crippen molar-refractivity contribution in [2.75, 3.05) is 0 Å². The Morgan fingerprint density at radius 3 is 2.32 bits per heavy atom. The van der Waals surface area contributed by atoms with Crippen molar-refractivity contribution in [1.82, 2.24) is 0 Å². The molecule has 0 saturated heterocycles. The standard InChI is InChI=1S/C16H16O3/c1-11(2)19-14-10-6-9-13(15(14)16(17)18)12-7-4-3-5-8-12/h3-11H,1-2H3,(H,17,18). The molecule has 0 saturated carbocycles. The van der Waals surface area contributed by atoms with Crippen LogP contribution in [-0.4, -0.2) is 17.2 Å². The Morgan fingerprint density at radius 1 is 1.05 bits per heavy atom. The Kier molecular flexibility index (Phi) is 3.85. The molecule has 2 aromatic rings. The van der Waals surface area contributed by atoms with Crippen molar-refractivity contribution in [1.29, 1.82) is 0 Å². The van der Waals surface area contributed by atoms with E-state index in [4.69, 9.17) is 4.74 Å². The van der Waals surface area contributed by atoms with E-state index < -0.39 is 5.97 Å². The van der Waals surface area contributed by atoms with Gasteiger partial charge in [0.05, 0.1) is 6.10 Å². The number of hydrogen-bond donors (Lipinski definition) is 1. The number of carboxylic acids is 1. The van der Waals surface area contributed by atoms with Crippen LogP contribution >= 0.6 is 0 Å². The SMILES string of the molecule is CC(C)Oc1cccc(-c2ccccc2)c1C(=O)O. The van der Waals surface area contributed by atoms with Gasteiger partial charge in [-0.25, -0.2) is 4.79 Å². The largest absolute Gasteiger partial charge is 0.490 e. The minimum Gasteiger partial charge on any atom is -0.490 e. The van der Waals surface area contributed by atoms with Crippen LogP contribution in [0.15, 0.2) is 48.5 Å². The molecule has 3 heteroatoms. The van der Waals surface area contributed by atoms with Crippen LogP contribution in [0.2, 0.25) is 0 Å². The fraction of sp³-hybridized carbons (Fsp3) is 0.188. The zero-order valence-electron chi connectivity index (χ0n) is 11.0. The highest BCUT2D eigenvalue weighted by molar-refractivity contribution is 5.99. The average molecular weight is 256 g/mol. The molecule has 0 aliphatic heterocycles. The fourth-order valence-corrected chi connectivity index (χ4v) is 1.96. The average Bonchev–Trinajstić information content (AvgIpc) is 2.38. The maximum atomic E-state index is 11.5. The predicted molar refractivity (Wildman–Crippen MR) is 74.6 cm³/mol. The van der Waals surface area contributed by atoms with Crippen LogP contribution < -0.4 is 4.74 Å². The van der Waals surface area contributed by atoms with Gasteiger partial charge < -0.3 is 9.84 Å². The molecular weight excluding hydrogens is 240 g/mol. The van der Waals surface area contributed by atoms with Gasteiger partial charge in [0.15, 0.2) is 0 Å². The van der Waals surface area contributed by atoms with E-state index in [1.807, 2.05) is 50.2 Å². The molecule has 2 aromatic carbocycles. The third kappa shape index (κ3) is 2.94. The highest BCUT2D eigenvalue weighted by atomic mass is 16.5. The Balaban J connectivity index is 2.58. The summed E-state index contributed by atoms with van der Waals surface area (Å²) in [7, 11) is 0. The van der Waals surface area contributed by atoms with Gasteiger partial charge in [0.1, 0.15) is 11.3 Å². The van der Waals surface area contributed by atoms with E-state index in [0.29, 0.717) is 11.3 Å². The summed E-state index contributed by atoms with van der Waals surface area (Å²) >= 11 is 0. The number of carbonyl (C=O) groups is 1. The molecule has 98 valence electrons. The Labute approximate surface area is 112 Å². The summed E-state index contributed by atoms with van der Waals surface area (Å²) in [5, 5.41) is 9.44. The lowest BCUT2D eigenvalue weighted by Gasteiger charge is -2.15. The van der Waals surface area contributed by atoms with Crippen LogP contribution in [0.5, 0.6) is 5.75 Å². The molecule has 0 spiro atoms. The maximum absolute atomic E-state index is 11.5. The van der Waals surface area contributed by atoms with E-state index >= 15 is 0 Å². The van der Waals surface area contributed by atoms with Gasteiger partial charge >= 0.3 is 5.97 Å². The van der Waals surface area contributed by atoms with E-state index in [1.54, 1.807) is 12.1 Å². The summed E-state index contributed by atoms with van der Waals surface area (Å²) in [5.74, 6) is -0.570. The summed E-state index contributed by atoms with van der Waals surface area (Å²) in [6.07, 6.45) is -0.0656. The molecular formula is C16H16O3. The number of rotatable bonds is 4. The molecule has 1 N–H and O–H groups in total. The van der Waals surface area contributed by atoms with E-state index in [9.17, 15) is 9.90 Å². The predicted octanol–water partition coefficient (Wildman–Crippen LogP) is 3.84. The second-order valence-corrected chi connectivity index (χ2v) is 4.52. The molecule has 3 nitrogen and oxygen atoms in total. The van der Waals surface area contributed by atoms with Gasteiger partial charge in [0.2, 0.25) is 0 Å². The van der Waals surface area contributed by atoms with Crippen molar-refractivity contribution >= 4 is 5.97 Å². The van der Waals surface area contributed by atoms with Crippen molar-refractivity contribution in [3.8, 4) is 16.9 Å². The maximum Gasteiger partial charge on any atom is 0.340 e. The van der Waals surface area contributed by atoms with Crippen LogP contribution in [0.3, 0.4) is 0 Å². The smallest absolute Gasteiger partial charge is 0.340 e.